The molecule has 4 nitrogen and oxygen atoms in total. The van der Waals surface area contributed by atoms with Crippen molar-refractivity contribution < 1.29 is 0 Å². The minimum atomic E-state index is 0.0771. The highest BCUT2D eigenvalue weighted by Crippen LogP contribution is 2.49. The maximum atomic E-state index is 5.55. The summed E-state index contributed by atoms with van der Waals surface area (Å²) in [6, 6.07) is 57.7. The summed E-state index contributed by atoms with van der Waals surface area (Å²) in [6.45, 7) is 9.70. The number of hydrogen-bond donors (Lipinski definition) is 0. The predicted molar refractivity (Wildman–Crippen MR) is 244 cm³/mol. The third-order valence-electron chi connectivity index (χ3n) is 13.4. The molecule has 11 aromatic rings. The first-order valence-electron chi connectivity index (χ1n) is 20.6. The second kappa shape index (κ2) is 11.9. The molecule has 0 N–H and O–H groups in total. The Bertz CT molecular complexity index is 3500. The van der Waals surface area contributed by atoms with E-state index < -0.39 is 0 Å². The zero-order chi connectivity index (χ0) is 38.9. The van der Waals surface area contributed by atoms with Gasteiger partial charge in [0, 0.05) is 43.6 Å². The van der Waals surface area contributed by atoms with Crippen molar-refractivity contribution in [2.24, 2.45) is 0 Å². The average molecular weight is 747 g/mol. The largest absolute Gasteiger partial charge is 0.309 e. The number of para-hydroxylation sites is 1. The lowest BCUT2D eigenvalue weighted by molar-refractivity contribution is 0.332. The molecule has 0 bridgehead atoms. The van der Waals surface area contributed by atoms with Gasteiger partial charge in [0.1, 0.15) is 0 Å². The van der Waals surface area contributed by atoms with Crippen molar-refractivity contribution >= 4 is 76.1 Å². The van der Waals surface area contributed by atoms with Crippen LogP contribution in [0.4, 0.5) is 0 Å². The van der Waals surface area contributed by atoms with Crippen LogP contribution >= 0.6 is 0 Å². The molecular weight excluding hydrogens is 705 g/mol. The standard InChI is InChI=1S/C54H42N4/c1-53(2)27-28-54(3,4)44-32-48-40(29-43(44)53)41-30-47-42(31-46(41)57(48)36-19-9-6-10-20-36)49-37-21-13-11-15-33(37)24-26-45(49)58(47)52-55-50(35-17-7-5-8-18-35)39-25-23-34-16-12-14-22-38(34)51(39)56-52/h5-26,29-32H,27-28H2,1-4H3. The number of fused-ring (bicyclic) bond motifs is 12. The zero-order valence-electron chi connectivity index (χ0n) is 33.2. The highest BCUT2D eigenvalue weighted by atomic mass is 15.2. The van der Waals surface area contributed by atoms with E-state index in [0.717, 1.165) is 44.0 Å². The van der Waals surface area contributed by atoms with Gasteiger partial charge < -0.3 is 4.57 Å². The fourth-order valence-electron chi connectivity index (χ4n) is 10.2. The number of rotatable bonds is 3. The highest BCUT2D eigenvalue weighted by Gasteiger charge is 2.38. The van der Waals surface area contributed by atoms with Crippen LogP contribution in [0.3, 0.4) is 0 Å². The summed E-state index contributed by atoms with van der Waals surface area (Å²) in [7, 11) is 0. The molecule has 0 radical (unpaired) electrons. The molecule has 8 aromatic carbocycles. The summed E-state index contributed by atoms with van der Waals surface area (Å²) in [4.78, 5) is 11.1. The summed E-state index contributed by atoms with van der Waals surface area (Å²) in [5.41, 5.74) is 11.9. The molecule has 0 aliphatic heterocycles. The molecular formula is C54H42N4. The van der Waals surface area contributed by atoms with E-state index in [1.54, 1.807) is 0 Å². The molecule has 1 aliphatic carbocycles. The van der Waals surface area contributed by atoms with E-state index in [1.807, 2.05) is 0 Å². The lowest BCUT2D eigenvalue weighted by Gasteiger charge is -2.42. The molecule has 0 saturated carbocycles. The topological polar surface area (TPSA) is 35.6 Å². The van der Waals surface area contributed by atoms with Crippen molar-refractivity contribution in [2.45, 2.75) is 51.4 Å². The summed E-state index contributed by atoms with van der Waals surface area (Å²) in [6.07, 6.45) is 2.34. The third-order valence-corrected chi connectivity index (χ3v) is 13.4. The van der Waals surface area contributed by atoms with Gasteiger partial charge in [0.25, 0.3) is 0 Å². The highest BCUT2D eigenvalue weighted by molar-refractivity contribution is 6.25. The van der Waals surface area contributed by atoms with Gasteiger partial charge in [0.2, 0.25) is 5.95 Å². The van der Waals surface area contributed by atoms with Crippen molar-refractivity contribution in [3.63, 3.8) is 0 Å². The molecule has 4 heteroatoms. The van der Waals surface area contributed by atoms with E-state index >= 15 is 0 Å². The minimum absolute atomic E-state index is 0.0771. The molecule has 58 heavy (non-hydrogen) atoms. The van der Waals surface area contributed by atoms with Gasteiger partial charge in [-0.05, 0) is 99.5 Å². The first-order chi connectivity index (χ1) is 28.2. The molecule has 0 unspecified atom stereocenters. The van der Waals surface area contributed by atoms with E-state index in [1.165, 1.54) is 73.0 Å². The van der Waals surface area contributed by atoms with E-state index in [0.29, 0.717) is 5.95 Å². The van der Waals surface area contributed by atoms with Crippen LogP contribution in [0, 0.1) is 0 Å². The monoisotopic (exact) mass is 746 g/mol. The second-order valence-corrected chi connectivity index (χ2v) is 17.7. The molecule has 0 spiro atoms. The molecule has 0 fully saturated rings. The Labute approximate surface area is 337 Å². The lowest BCUT2D eigenvalue weighted by atomic mass is 9.63. The van der Waals surface area contributed by atoms with Crippen LogP contribution in [0.2, 0.25) is 0 Å². The van der Waals surface area contributed by atoms with Crippen LogP contribution in [0.5, 0.6) is 0 Å². The Kier molecular flexibility index (Phi) is 6.83. The van der Waals surface area contributed by atoms with Crippen LogP contribution < -0.4 is 0 Å². The molecule has 0 amide bonds. The SMILES string of the molecule is CC1(C)CCC(C)(C)c2cc3c(cc21)c1cc2c(cc1n3-c1ccccc1)c1c3ccccc3ccc1n2-c1nc(-c2ccccc2)c2ccc3ccccc3c2n1. The van der Waals surface area contributed by atoms with Crippen molar-refractivity contribution in [1.29, 1.82) is 0 Å². The van der Waals surface area contributed by atoms with Crippen molar-refractivity contribution in [1.82, 2.24) is 19.1 Å². The number of hydrogen-bond acceptors (Lipinski definition) is 2. The van der Waals surface area contributed by atoms with Crippen molar-refractivity contribution in [2.75, 3.05) is 0 Å². The van der Waals surface area contributed by atoms with Gasteiger partial charge in [-0.25, -0.2) is 9.97 Å². The Hall–Kier alpha value is -6.78. The van der Waals surface area contributed by atoms with E-state index in [9.17, 15) is 0 Å². The Morgan fingerprint density at radius 1 is 0.431 bits per heavy atom. The summed E-state index contributed by atoms with van der Waals surface area (Å²) < 4.78 is 4.84. The van der Waals surface area contributed by atoms with Gasteiger partial charge in [-0.2, -0.15) is 0 Å². The van der Waals surface area contributed by atoms with E-state index in [-0.39, 0.29) is 10.8 Å². The van der Waals surface area contributed by atoms with Gasteiger partial charge >= 0.3 is 0 Å². The van der Waals surface area contributed by atoms with Crippen LogP contribution in [-0.2, 0) is 10.8 Å². The summed E-state index contributed by atoms with van der Waals surface area (Å²) in [5, 5.41) is 10.7. The lowest BCUT2D eigenvalue weighted by Crippen LogP contribution is -2.33. The molecule has 1 aliphatic rings. The molecule has 12 rings (SSSR count). The molecule has 278 valence electrons. The van der Waals surface area contributed by atoms with Crippen LogP contribution in [-0.4, -0.2) is 19.1 Å². The number of benzene rings is 8. The van der Waals surface area contributed by atoms with Gasteiger partial charge in [0.05, 0.1) is 33.3 Å². The van der Waals surface area contributed by atoms with Gasteiger partial charge in [0.15, 0.2) is 0 Å². The van der Waals surface area contributed by atoms with E-state index in [4.69, 9.17) is 9.97 Å². The van der Waals surface area contributed by atoms with Crippen LogP contribution in [0.15, 0.2) is 158 Å². The summed E-state index contributed by atoms with van der Waals surface area (Å²) in [5.74, 6) is 0.671. The Morgan fingerprint density at radius 3 is 1.76 bits per heavy atom. The van der Waals surface area contributed by atoms with Crippen molar-refractivity contribution in [3.8, 4) is 22.9 Å². The van der Waals surface area contributed by atoms with Gasteiger partial charge in [-0.15, -0.1) is 0 Å². The molecule has 3 heterocycles. The number of aromatic nitrogens is 4. The van der Waals surface area contributed by atoms with Crippen molar-refractivity contribution in [3.05, 3.63) is 169 Å². The first-order valence-corrected chi connectivity index (χ1v) is 20.6. The minimum Gasteiger partial charge on any atom is -0.309 e. The smallest absolute Gasteiger partial charge is 0.235 e. The van der Waals surface area contributed by atoms with Crippen LogP contribution in [0.25, 0.3) is 99.0 Å². The normalized spacial score (nSPS) is 15.0. The van der Waals surface area contributed by atoms with Gasteiger partial charge in [-0.3, -0.25) is 4.57 Å². The maximum Gasteiger partial charge on any atom is 0.235 e. The molecule has 3 aromatic heterocycles. The molecule has 0 saturated heterocycles. The fraction of sp³-hybridized carbons (Fsp3) is 0.148. The maximum absolute atomic E-state index is 5.55. The number of nitrogens with zero attached hydrogens (tertiary/aromatic N) is 4. The molecule has 0 atom stereocenters. The zero-order valence-corrected chi connectivity index (χ0v) is 33.2. The van der Waals surface area contributed by atoms with E-state index in [2.05, 4.69) is 195 Å². The Balaban J connectivity index is 1.28. The van der Waals surface area contributed by atoms with Gasteiger partial charge in [-0.1, -0.05) is 137 Å². The quantitative estimate of drug-likeness (QED) is 0.169. The third kappa shape index (κ3) is 4.69. The fourth-order valence-corrected chi connectivity index (χ4v) is 10.2. The average Bonchev–Trinajstić information content (AvgIpc) is 3.76. The second-order valence-electron chi connectivity index (χ2n) is 17.7. The Morgan fingerprint density at radius 2 is 1.00 bits per heavy atom. The first kappa shape index (κ1) is 33.4. The van der Waals surface area contributed by atoms with Crippen LogP contribution in [0.1, 0.15) is 51.7 Å². The summed E-state index contributed by atoms with van der Waals surface area (Å²) >= 11 is 0. The predicted octanol–water partition coefficient (Wildman–Crippen LogP) is 14.1.